The summed E-state index contributed by atoms with van der Waals surface area (Å²) in [5.74, 6) is -4.20. The lowest BCUT2D eigenvalue weighted by molar-refractivity contribution is -0.147. The Morgan fingerprint density at radius 2 is 1.22 bits per heavy atom. The van der Waals surface area contributed by atoms with Crippen molar-refractivity contribution in [1.29, 1.82) is 0 Å². The second kappa shape index (κ2) is 18.8. The molecule has 0 saturated carbocycles. The van der Waals surface area contributed by atoms with Crippen molar-refractivity contribution in [1.82, 2.24) is 5.32 Å². The van der Waals surface area contributed by atoms with Gasteiger partial charge in [0.05, 0.1) is 73.5 Å². The van der Waals surface area contributed by atoms with E-state index in [1.165, 1.54) is 42.7 Å². The SMILES string of the molecule is COC(=O)CC[C@@H]1/C2=C(\C)C3=NC([C@H](CC(=O)OC)[C@@]3(C)CCC(=O)OC)[C@@]3(C)N=C(/C(C)=C4\N/C(=C\C(=N2)C1(C)C)C[C@]4(C)CC(=O)OC)[C@@H](CCC(=O)OC)[C@]3(C)CC(=O)OC. The molecule has 0 radical (unpaired) electrons. The first kappa shape index (κ1) is 49.9. The van der Waals surface area contributed by atoms with E-state index in [1.807, 2.05) is 47.6 Å². The first-order valence-electron chi connectivity index (χ1n) is 22.0. The van der Waals surface area contributed by atoms with Crippen LogP contribution in [0.4, 0.5) is 0 Å². The summed E-state index contributed by atoms with van der Waals surface area (Å²) < 4.78 is 31.4. The summed E-state index contributed by atoms with van der Waals surface area (Å²) in [6.07, 6.45) is 3.17. The molecule has 5 aliphatic rings. The number of esters is 6. The van der Waals surface area contributed by atoms with E-state index in [1.54, 1.807) is 0 Å². The molecule has 1 fully saturated rings. The lowest BCUT2D eigenvalue weighted by Crippen LogP contribution is -2.55. The van der Waals surface area contributed by atoms with Crippen LogP contribution in [0, 0.1) is 39.4 Å². The number of allylic oxidation sites excluding steroid dienone is 6. The molecule has 0 aromatic rings. The molecular formula is C48H68N4O12. The van der Waals surface area contributed by atoms with Gasteiger partial charge in [0.1, 0.15) is 0 Å². The summed E-state index contributed by atoms with van der Waals surface area (Å²) >= 11 is 0. The minimum atomic E-state index is -1.29. The van der Waals surface area contributed by atoms with Crippen LogP contribution in [0.15, 0.2) is 49.3 Å². The van der Waals surface area contributed by atoms with Crippen molar-refractivity contribution in [2.45, 2.75) is 131 Å². The molecule has 16 heteroatoms. The molecule has 0 aromatic carbocycles. The molecule has 0 spiro atoms. The predicted octanol–water partition coefficient (Wildman–Crippen LogP) is 6.36. The van der Waals surface area contributed by atoms with Gasteiger partial charge in [0.15, 0.2) is 0 Å². The number of nitrogens with one attached hydrogen (secondary N) is 1. The highest BCUT2D eigenvalue weighted by atomic mass is 16.5. The highest BCUT2D eigenvalue weighted by Gasteiger charge is 2.66. The van der Waals surface area contributed by atoms with Gasteiger partial charge in [0, 0.05) is 92.9 Å². The van der Waals surface area contributed by atoms with Crippen molar-refractivity contribution in [3.05, 3.63) is 34.3 Å². The number of fused-ring (bicyclic) bond motifs is 6. The molecule has 352 valence electrons. The minimum absolute atomic E-state index is 0.00102. The number of ether oxygens (including phenoxy) is 6. The maximum atomic E-state index is 13.8. The molecule has 1 unspecified atom stereocenters. The molecule has 0 amide bonds. The van der Waals surface area contributed by atoms with E-state index >= 15 is 0 Å². The molecule has 1 saturated heterocycles. The largest absolute Gasteiger partial charge is 0.469 e. The van der Waals surface area contributed by atoms with E-state index in [2.05, 4.69) is 19.2 Å². The van der Waals surface area contributed by atoms with Gasteiger partial charge >= 0.3 is 35.8 Å². The lowest BCUT2D eigenvalue weighted by Gasteiger charge is -2.48. The van der Waals surface area contributed by atoms with Crippen LogP contribution >= 0.6 is 0 Å². The zero-order chi connectivity index (χ0) is 47.7. The van der Waals surface area contributed by atoms with Gasteiger partial charge in [-0.05, 0) is 63.7 Å². The lowest BCUT2D eigenvalue weighted by atomic mass is 9.55. The minimum Gasteiger partial charge on any atom is -0.469 e. The number of hydrogen-bond acceptors (Lipinski definition) is 16. The summed E-state index contributed by atoms with van der Waals surface area (Å²) in [7, 11) is 8.01. The monoisotopic (exact) mass is 892 g/mol. The molecule has 8 atom stereocenters. The number of nitrogens with zero attached hydrogens (tertiary/aromatic N) is 3. The predicted molar refractivity (Wildman–Crippen MR) is 238 cm³/mol. The summed E-state index contributed by atoms with van der Waals surface area (Å²) in [4.78, 5) is 96.4. The topological polar surface area (TPSA) is 207 Å². The molecule has 16 nitrogen and oxygen atoms in total. The van der Waals surface area contributed by atoms with Gasteiger partial charge in [-0.15, -0.1) is 0 Å². The molecular weight excluding hydrogens is 825 g/mol. The average molecular weight is 893 g/mol. The first-order valence-corrected chi connectivity index (χ1v) is 22.0. The molecule has 5 aliphatic heterocycles. The van der Waals surface area contributed by atoms with Gasteiger partial charge in [-0.2, -0.15) is 0 Å². The van der Waals surface area contributed by atoms with Crippen LogP contribution in [-0.4, -0.2) is 107 Å². The molecule has 5 rings (SSSR count). The second-order valence-electron chi connectivity index (χ2n) is 19.5. The highest BCUT2D eigenvalue weighted by molar-refractivity contribution is 6.10. The average Bonchev–Trinajstić information content (AvgIpc) is 3.90. The van der Waals surface area contributed by atoms with Crippen molar-refractivity contribution < 1.29 is 57.2 Å². The second-order valence-corrected chi connectivity index (χ2v) is 19.5. The summed E-state index contributed by atoms with van der Waals surface area (Å²) in [5, 5.41) is 3.69. The number of methoxy groups -OCH3 is 6. The van der Waals surface area contributed by atoms with Crippen molar-refractivity contribution in [3.63, 3.8) is 0 Å². The van der Waals surface area contributed by atoms with E-state index in [4.69, 9.17) is 43.4 Å². The van der Waals surface area contributed by atoms with Crippen molar-refractivity contribution in [3.8, 4) is 0 Å². The van der Waals surface area contributed by atoms with Crippen LogP contribution in [0.3, 0.4) is 0 Å². The maximum Gasteiger partial charge on any atom is 0.306 e. The van der Waals surface area contributed by atoms with Gasteiger partial charge < -0.3 is 33.7 Å². The summed E-state index contributed by atoms with van der Waals surface area (Å²) in [6, 6.07) is -0.825. The van der Waals surface area contributed by atoms with Crippen LogP contribution in [0.25, 0.3) is 0 Å². The number of aliphatic imine (C=N–C) groups is 3. The quantitative estimate of drug-likeness (QED) is 0.141. The van der Waals surface area contributed by atoms with E-state index in [0.717, 1.165) is 28.3 Å². The van der Waals surface area contributed by atoms with Crippen molar-refractivity contribution in [2.75, 3.05) is 42.7 Å². The zero-order valence-corrected chi connectivity index (χ0v) is 40.2. The Morgan fingerprint density at radius 3 is 1.78 bits per heavy atom. The molecule has 0 aliphatic carbocycles. The van der Waals surface area contributed by atoms with Crippen LogP contribution in [0.5, 0.6) is 0 Å². The smallest absolute Gasteiger partial charge is 0.306 e. The third-order valence-corrected chi connectivity index (χ3v) is 15.5. The van der Waals surface area contributed by atoms with Gasteiger partial charge in [0.2, 0.25) is 0 Å². The number of carbonyl (C=O) groups is 6. The van der Waals surface area contributed by atoms with Crippen molar-refractivity contribution >= 4 is 53.0 Å². The Balaban J connectivity index is 1.98. The van der Waals surface area contributed by atoms with E-state index in [9.17, 15) is 28.8 Å². The standard InChI is InChI=1S/C48H68N4O12/c1-26-39-29(15-17-33(53)59-9)44(3,4)32(50-39)21-28-23-45(5,24-37(57)63-13)41(49-28)27(2)40-30(16-18-34(54)60-10)47(7,25-38(58)64-14)48(8,52-40)43-31(22-36(56)62-12)46(6,42(26)51-43)20-19-35(55)61-11/h21,29-31,43,49H,15-20,22-25H2,1-14H3/b28-21-,39-26-,41-27-/t29-,30-,31+,43?,45-,46-,47+,48-/m1/s1. The van der Waals surface area contributed by atoms with Crippen LogP contribution in [-0.2, 0) is 57.2 Å². The summed E-state index contributed by atoms with van der Waals surface area (Å²) in [5.41, 5.74) is 0.785. The zero-order valence-electron chi connectivity index (χ0n) is 40.2. The Hall–Kier alpha value is -5.15. The normalized spacial score (nSPS) is 34.4. The van der Waals surface area contributed by atoms with Gasteiger partial charge in [-0.3, -0.25) is 43.7 Å². The fourth-order valence-electron chi connectivity index (χ4n) is 11.4. The third kappa shape index (κ3) is 8.81. The van der Waals surface area contributed by atoms with E-state index in [0.29, 0.717) is 30.0 Å². The Morgan fingerprint density at radius 1 is 0.688 bits per heavy atom. The number of hydrogen-bond donors (Lipinski definition) is 1. The van der Waals surface area contributed by atoms with E-state index < -0.39 is 74.9 Å². The van der Waals surface area contributed by atoms with Crippen LogP contribution < -0.4 is 5.32 Å². The van der Waals surface area contributed by atoms with E-state index in [-0.39, 0.29) is 63.3 Å². The fourth-order valence-corrected chi connectivity index (χ4v) is 11.4. The van der Waals surface area contributed by atoms with Gasteiger partial charge in [-0.25, -0.2) is 0 Å². The maximum absolute atomic E-state index is 13.8. The highest BCUT2D eigenvalue weighted by Crippen LogP contribution is 2.62. The summed E-state index contributed by atoms with van der Waals surface area (Å²) in [6.45, 7) is 16.0. The van der Waals surface area contributed by atoms with Crippen LogP contribution in [0.1, 0.15) is 120 Å². The van der Waals surface area contributed by atoms with Gasteiger partial charge in [0.25, 0.3) is 0 Å². The molecule has 64 heavy (non-hydrogen) atoms. The third-order valence-electron chi connectivity index (χ3n) is 15.5. The Kier molecular flexibility index (Phi) is 14.6. The molecule has 1 N–H and O–H groups in total. The first-order chi connectivity index (χ1) is 29.9. The van der Waals surface area contributed by atoms with Crippen molar-refractivity contribution in [2.24, 2.45) is 54.4 Å². The Labute approximate surface area is 377 Å². The molecule has 8 bridgehead atoms. The van der Waals surface area contributed by atoms with Crippen LogP contribution in [0.2, 0.25) is 0 Å². The number of carbonyl (C=O) groups excluding carboxylic acids is 6. The number of rotatable bonds is 15. The Bertz CT molecular complexity index is 2150. The molecule has 0 aromatic heterocycles. The molecule has 5 heterocycles. The fraction of sp³-hybridized carbons (Fsp3) is 0.688. The van der Waals surface area contributed by atoms with Gasteiger partial charge in [-0.1, -0.05) is 34.6 Å².